The first-order valence-corrected chi connectivity index (χ1v) is 11.9. The van der Waals surface area contributed by atoms with Gasteiger partial charge in [0, 0.05) is 29.1 Å². The van der Waals surface area contributed by atoms with Crippen LogP contribution in [0.5, 0.6) is 0 Å². The van der Waals surface area contributed by atoms with Crippen molar-refractivity contribution in [3.8, 4) is 0 Å². The van der Waals surface area contributed by atoms with Crippen LogP contribution >= 0.6 is 11.6 Å². The van der Waals surface area contributed by atoms with E-state index in [2.05, 4.69) is 14.5 Å². The van der Waals surface area contributed by atoms with Crippen molar-refractivity contribution in [2.24, 2.45) is 0 Å². The van der Waals surface area contributed by atoms with Gasteiger partial charge >= 0.3 is 0 Å². The molecule has 0 amide bonds. The molecule has 0 unspecified atom stereocenters. The molecule has 29 heavy (non-hydrogen) atoms. The first kappa shape index (κ1) is 21.2. The second kappa shape index (κ2) is 8.05. The van der Waals surface area contributed by atoms with Gasteiger partial charge in [0.25, 0.3) is 20.0 Å². The monoisotopic (exact) mass is 454 g/mol. The molecule has 2 N–H and O–H groups in total. The molecular weight excluding hydrogens is 436 g/mol. The summed E-state index contributed by atoms with van der Waals surface area (Å²) in [5.41, 5.74) is 0.979. The average Bonchev–Trinajstić information content (AvgIpc) is 3.05. The van der Waals surface area contributed by atoms with E-state index >= 15 is 0 Å². The van der Waals surface area contributed by atoms with E-state index in [9.17, 15) is 16.8 Å². The van der Waals surface area contributed by atoms with E-state index in [1.807, 2.05) is 6.92 Å². The molecular formula is C18H19ClN4O4S2. The molecule has 0 radical (unpaired) electrons. The van der Waals surface area contributed by atoms with Gasteiger partial charge < -0.3 is 0 Å². The number of nitrogens with zero attached hydrogens (tertiary/aromatic N) is 2. The summed E-state index contributed by atoms with van der Waals surface area (Å²) < 4.78 is 56.6. The van der Waals surface area contributed by atoms with Gasteiger partial charge in [-0.2, -0.15) is 5.10 Å². The fourth-order valence-corrected chi connectivity index (χ4v) is 5.00. The zero-order valence-electron chi connectivity index (χ0n) is 15.6. The van der Waals surface area contributed by atoms with Crippen molar-refractivity contribution < 1.29 is 16.8 Å². The smallest absolute Gasteiger partial charge is 0.265 e. The van der Waals surface area contributed by atoms with Crippen LogP contribution in [0.1, 0.15) is 12.6 Å². The maximum absolute atomic E-state index is 12.6. The van der Waals surface area contributed by atoms with Gasteiger partial charge in [-0.25, -0.2) is 16.8 Å². The first-order valence-electron chi connectivity index (χ1n) is 8.56. The highest BCUT2D eigenvalue weighted by Crippen LogP contribution is 2.22. The number of nitrogens with one attached hydrogen (secondary N) is 2. The van der Waals surface area contributed by atoms with Crippen LogP contribution in [-0.4, -0.2) is 26.6 Å². The molecule has 0 fully saturated rings. The van der Waals surface area contributed by atoms with Crippen LogP contribution < -0.4 is 9.44 Å². The van der Waals surface area contributed by atoms with Crippen LogP contribution in [0.15, 0.2) is 64.5 Å². The number of hydrogen-bond acceptors (Lipinski definition) is 5. The van der Waals surface area contributed by atoms with Gasteiger partial charge in [-0.1, -0.05) is 11.6 Å². The Labute approximate surface area is 174 Å². The summed E-state index contributed by atoms with van der Waals surface area (Å²) in [4.78, 5) is 0.0610. The van der Waals surface area contributed by atoms with Crippen LogP contribution in [-0.2, 0) is 26.6 Å². The summed E-state index contributed by atoms with van der Waals surface area (Å²) in [5.74, 6) is 0. The van der Waals surface area contributed by atoms with Crippen LogP contribution in [0, 0.1) is 6.92 Å². The molecule has 3 aromatic rings. The zero-order valence-corrected chi connectivity index (χ0v) is 18.0. The van der Waals surface area contributed by atoms with Gasteiger partial charge in [0.15, 0.2) is 0 Å². The summed E-state index contributed by atoms with van der Waals surface area (Å²) in [5, 5.41) is 4.62. The van der Waals surface area contributed by atoms with Gasteiger partial charge in [-0.15, -0.1) is 0 Å². The Morgan fingerprint density at radius 1 is 0.897 bits per heavy atom. The number of benzene rings is 2. The van der Waals surface area contributed by atoms with E-state index in [0.717, 1.165) is 0 Å². The van der Waals surface area contributed by atoms with Crippen molar-refractivity contribution in [1.82, 2.24) is 9.78 Å². The topological polar surface area (TPSA) is 110 Å². The quantitative estimate of drug-likeness (QED) is 0.568. The van der Waals surface area contributed by atoms with Crippen LogP contribution in [0.3, 0.4) is 0 Å². The molecule has 3 rings (SSSR count). The predicted molar refractivity (Wildman–Crippen MR) is 112 cm³/mol. The first-order chi connectivity index (χ1) is 13.6. The highest BCUT2D eigenvalue weighted by molar-refractivity contribution is 7.93. The lowest BCUT2D eigenvalue weighted by molar-refractivity contribution is 0.599. The van der Waals surface area contributed by atoms with E-state index in [1.54, 1.807) is 31.2 Å². The second-order valence-corrected chi connectivity index (χ2v) is 9.95. The Morgan fingerprint density at radius 2 is 1.41 bits per heavy atom. The van der Waals surface area contributed by atoms with E-state index in [1.165, 1.54) is 35.1 Å². The predicted octanol–water partition coefficient (Wildman–Crippen LogP) is 3.47. The van der Waals surface area contributed by atoms with E-state index in [0.29, 0.717) is 22.9 Å². The lowest BCUT2D eigenvalue weighted by Crippen LogP contribution is -2.15. The number of sulfonamides is 2. The Hall–Kier alpha value is -2.56. The highest BCUT2D eigenvalue weighted by Gasteiger charge is 2.21. The van der Waals surface area contributed by atoms with Crippen molar-refractivity contribution >= 4 is 43.0 Å². The van der Waals surface area contributed by atoms with Crippen molar-refractivity contribution in [2.75, 3.05) is 9.44 Å². The van der Waals surface area contributed by atoms with Crippen LogP contribution in [0.4, 0.5) is 11.4 Å². The third kappa shape index (κ3) is 4.89. The molecule has 11 heteroatoms. The summed E-state index contributed by atoms with van der Waals surface area (Å²) >= 11 is 5.80. The second-order valence-electron chi connectivity index (χ2n) is 6.18. The number of hydrogen-bond donors (Lipinski definition) is 2. The van der Waals surface area contributed by atoms with Crippen LogP contribution in [0.25, 0.3) is 0 Å². The summed E-state index contributed by atoms with van der Waals surface area (Å²) in [6, 6.07) is 11.6. The molecule has 8 nitrogen and oxygen atoms in total. The minimum absolute atomic E-state index is 0.00891. The van der Waals surface area contributed by atoms with Gasteiger partial charge in [0.05, 0.1) is 10.6 Å². The number of aryl methyl sites for hydroxylation is 2. The summed E-state index contributed by atoms with van der Waals surface area (Å²) in [7, 11) is -7.67. The van der Waals surface area contributed by atoms with Crippen molar-refractivity contribution in [1.29, 1.82) is 0 Å². The molecule has 0 saturated carbocycles. The van der Waals surface area contributed by atoms with E-state index in [-0.39, 0.29) is 15.5 Å². The fourth-order valence-electron chi connectivity index (χ4n) is 2.57. The van der Waals surface area contributed by atoms with Crippen molar-refractivity contribution in [2.45, 2.75) is 30.2 Å². The molecule has 1 aromatic heterocycles. The Morgan fingerprint density at radius 3 is 1.93 bits per heavy atom. The molecule has 0 aliphatic carbocycles. The average molecular weight is 455 g/mol. The Balaban J connectivity index is 1.78. The van der Waals surface area contributed by atoms with Gasteiger partial charge in [0.2, 0.25) is 0 Å². The van der Waals surface area contributed by atoms with Gasteiger partial charge in [0.1, 0.15) is 4.90 Å². The standard InChI is InChI=1S/C18H19ClN4O4S2/c1-3-23-12-18(13(2)20-23)29(26,27)22-16-8-10-17(11-9-16)28(24,25)21-15-6-4-14(19)5-7-15/h4-12,21-22H,3H2,1-2H3. The zero-order chi connectivity index (χ0) is 21.2. The summed E-state index contributed by atoms with van der Waals surface area (Å²) in [6.45, 7) is 4.01. The molecule has 0 spiro atoms. The van der Waals surface area contributed by atoms with Gasteiger partial charge in [-0.3, -0.25) is 14.1 Å². The van der Waals surface area contributed by atoms with Crippen molar-refractivity contribution in [3.63, 3.8) is 0 Å². The Bertz CT molecular complexity index is 1220. The normalized spacial score (nSPS) is 12.0. The number of anilines is 2. The lowest BCUT2D eigenvalue weighted by Gasteiger charge is -2.10. The van der Waals surface area contributed by atoms with E-state index < -0.39 is 20.0 Å². The highest BCUT2D eigenvalue weighted by atomic mass is 35.5. The minimum atomic E-state index is -3.85. The molecule has 0 atom stereocenters. The Kier molecular flexibility index (Phi) is 5.87. The molecule has 1 heterocycles. The molecule has 0 aliphatic heterocycles. The third-order valence-corrected chi connectivity index (χ3v) is 7.16. The number of halogens is 1. The third-order valence-electron chi connectivity index (χ3n) is 4.03. The molecule has 0 bridgehead atoms. The fraction of sp³-hybridized carbons (Fsp3) is 0.167. The number of aromatic nitrogens is 2. The molecule has 0 aliphatic rings. The molecule has 154 valence electrons. The maximum atomic E-state index is 12.6. The maximum Gasteiger partial charge on any atom is 0.265 e. The SMILES string of the molecule is CCn1cc(S(=O)(=O)Nc2ccc(S(=O)(=O)Nc3ccc(Cl)cc3)cc2)c(C)n1. The number of rotatable bonds is 7. The minimum Gasteiger partial charge on any atom is -0.280 e. The lowest BCUT2D eigenvalue weighted by atomic mass is 10.3. The molecule has 0 saturated heterocycles. The van der Waals surface area contributed by atoms with Crippen LogP contribution in [0.2, 0.25) is 5.02 Å². The van der Waals surface area contributed by atoms with Gasteiger partial charge in [-0.05, 0) is 62.4 Å². The summed E-state index contributed by atoms with van der Waals surface area (Å²) in [6.07, 6.45) is 1.45. The van der Waals surface area contributed by atoms with Crippen molar-refractivity contribution in [3.05, 3.63) is 65.4 Å². The van der Waals surface area contributed by atoms with E-state index in [4.69, 9.17) is 11.6 Å². The largest absolute Gasteiger partial charge is 0.280 e. The molecule has 2 aromatic carbocycles.